The van der Waals surface area contributed by atoms with Crippen LogP contribution in [0.15, 0.2) is 12.1 Å². The van der Waals surface area contributed by atoms with Gasteiger partial charge in [-0.2, -0.15) is 5.10 Å². The summed E-state index contributed by atoms with van der Waals surface area (Å²) in [6.07, 6.45) is 0. The maximum atomic E-state index is 12.3. The molecule has 0 aliphatic carbocycles. The first kappa shape index (κ1) is 19.8. The minimum absolute atomic E-state index is 0.215. The standard InChI is InChI=1S/C18H22ClN3O4/c1-6-25-18(24)15-12(4)21-22(5)17(15)20-14(23)9-26-13-7-10(2)16(19)11(3)8-13/h7-8H,6,9H2,1-5H3,(H,20,23). The summed E-state index contributed by atoms with van der Waals surface area (Å²) in [6, 6.07) is 3.53. The smallest absolute Gasteiger partial charge is 0.343 e. The lowest BCUT2D eigenvalue weighted by Crippen LogP contribution is -2.23. The van der Waals surface area contributed by atoms with Crippen LogP contribution in [0.5, 0.6) is 5.75 Å². The minimum Gasteiger partial charge on any atom is -0.484 e. The molecule has 0 aliphatic rings. The predicted molar refractivity (Wildman–Crippen MR) is 99.0 cm³/mol. The van der Waals surface area contributed by atoms with Crippen LogP contribution >= 0.6 is 11.6 Å². The molecule has 2 aromatic rings. The third-order valence-corrected chi connectivity index (χ3v) is 4.34. The number of esters is 1. The molecule has 0 fully saturated rings. The molecule has 0 atom stereocenters. The fourth-order valence-corrected chi connectivity index (χ4v) is 2.66. The van der Waals surface area contributed by atoms with Gasteiger partial charge in [-0.3, -0.25) is 9.48 Å². The van der Waals surface area contributed by atoms with Crippen LogP contribution in [0.3, 0.4) is 0 Å². The number of amides is 1. The lowest BCUT2D eigenvalue weighted by atomic mass is 10.1. The van der Waals surface area contributed by atoms with E-state index in [-0.39, 0.29) is 24.6 Å². The quantitative estimate of drug-likeness (QED) is 0.779. The average Bonchev–Trinajstić information content (AvgIpc) is 2.84. The summed E-state index contributed by atoms with van der Waals surface area (Å²) >= 11 is 6.12. The van der Waals surface area contributed by atoms with Crippen molar-refractivity contribution in [1.29, 1.82) is 0 Å². The van der Waals surface area contributed by atoms with Crippen molar-refractivity contribution in [2.24, 2.45) is 7.05 Å². The number of aryl methyl sites for hydroxylation is 4. The van der Waals surface area contributed by atoms with Gasteiger partial charge in [0.2, 0.25) is 0 Å². The third kappa shape index (κ3) is 4.35. The lowest BCUT2D eigenvalue weighted by molar-refractivity contribution is -0.118. The molecule has 0 radical (unpaired) electrons. The van der Waals surface area contributed by atoms with Crippen molar-refractivity contribution < 1.29 is 19.1 Å². The Morgan fingerprint density at radius 1 is 1.23 bits per heavy atom. The second-order valence-corrected chi connectivity index (χ2v) is 6.24. The van der Waals surface area contributed by atoms with Crippen molar-refractivity contribution in [2.45, 2.75) is 27.7 Å². The Morgan fingerprint density at radius 2 is 1.85 bits per heavy atom. The number of nitrogens with one attached hydrogen (secondary N) is 1. The van der Waals surface area contributed by atoms with E-state index < -0.39 is 11.9 Å². The first-order chi connectivity index (χ1) is 12.2. The molecule has 8 heteroatoms. The molecule has 1 N–H and O–H groups in total. The van der Waals surface area contributed by atoms with Gasteiger partial charge in [-0.1, -0.05) is 11.6 Å². The zero-order valence-electron chi connectivity index (χ0n) is 15.5. The molecule has 2 rings (SSSR count). The van der Waals surface area contributed by atoms with Gasteiger partial charge in [-0.05, 0) is 51.0 Å². The van der Waals surface area contributed by atoms with Gasteiger partial charge in [0.05, 0.1) is 12.3 Å². The van der Waals surface area contributed by atoms with E-state index in [1.165, 1.54) is 4.68 Å². The maximum Gasteiger partial charge on any atom is 0.343 e. The van der Waals surface area contributed by atoms with E-state index in [0.717, 1.165) is 11.1 Å². The van der Waals surface area contributed by atoms with E-state index in [0.29, 0.717) is 16.5 Å². The number of carbonyl (C=O) groups is 2. The van der Waals surface area contributed by atoms with Gasteiger partial charge in [0.25, 0.3) is 5.91 Å². The Bertz CT molecular complexity index is 822. The molecule has 0 saturated heterocycles. The van der Waals surface area contributed by atoms with Crippen LogP contribution in [0.2, 0.25) is 5.02 Å². The third-order valence-electron chi connectivity index (χ3n) is 3.74. The van der Waals surface area contributed by atoms with Gasteiger partial charge in [-0.15, -0.1) is 0 Å². The molecule has 1 aromatic carbocycles. The molecular weight excluding hydrogens is 358 g/mol. The number of benzene rings is 1. The summed E-state index contributed by atoms with van der Waals surface area (Å²) < 4.78 is 12.0. The van der Waals surface area contributed by atoms with E-state index >= 15 is 0 Å². The molecule has 7 nitrogen and oxygen atoms in total. The molecule has 1 heterocycles. The Balaban J connectivity index is 2.10. The Hall–Kier alpha value is -2.54. The Morgan fingerprint density at radius 3 is 2.42 bits per heavy atom. The van der Waals surface area contributed by atoms with Crippen LogP contribution in [-0.4, -0.2) is 34.9 Å². The molecule has 0 aliphatic heterocycles. The molecular formula is C18H22ClN3O4. The van der Waals surface area contributed by atoms with E-state index in [4.69, 9.17) is 21.1 Å². The predicted octanol–water partition coefficient (Wildman–Crippen LogP) is 3.19. The molecule has 26 heavy (non-hydrogen) atoms. The fraction of sp³-hybridized carbons (Fsp3) is 0.389. The fourth-order valence-electron chi connectivity index (χ4n) is 2.56. The van der Waals surface area contributed by atoms with Crippen molar-refractivity contribution in [2.75, 3.05) is 18.5 Å². The highest BCUT2D eigenvalue weighted by Gasteiger charge is 2.23. The highest BCUT2D eigenvalue weighted by Crippen LogP contribution is 2.26. The summed E-state index contributed by atoms with van der Waals surface area (Å²) in [5.74, 6) is -0.119. The topological polar surface area (TPSA) is 82.5 Å². The van der Waals surface area contributed by atoms with Gasteiger partial charge in [-0.25, -0.2) is 4.79 Å². The SMILES string of the molecule is CCOC(=O)c1c(C)nn(C)c1NC(=O)COc1cc(C)c(Cl)c(C)c1. The number of hydrogen-bond donors (Lipinski definition) is 1. The monoisotopic (exact) mass is 379 g/mol. The summed E-state index contributed by atoms with van der Waals surface area (Å²) in [5.41, 5.74) is 2.45. The van der Waals surface area contributed by atoms with Crippen molar-refractivity contribution >= 4 is 29.3 Å². The van der Waals surface area contributed by atoms with E-state index in [1.54, 1.807) is 33.0 Å². The van der Waals surface area contributed by atoms with Crippen molar-refractivity contribution in [3.8, 4) is 5.75 Å². The van der Waals surface area contributed by atoms with Crippen LogP contribution < -0.4 is 10.1 Å². The van der Waals surface area contributed by atoms with Crippen molar-refractivity contribution in [1.82, 2.24) is 9.78 Å². The van der Waals surface area contributed by atoms with Gasteiger partial charge in [0, 0.05) is 12.1 Å². The Kier molecular flexibility index (Phi) is 6.26. The summed E-state index contributed by atoms with van der Waals surface area (Å²) in [4.78, 5) is 24.4. The Labute approximate surface area is 157 Å². The van der Waals surface area contributed by atoms with E-state index in [2.05, 4.69) is 10.4 Å². The van der Waals surface area contributed by atoms with Crippen LogP contribution in [-0.2, 0) is 16.6 Å². The number of nitrogens with zero attached hydrogens (tertiary/aromatic N) is 2. The van der Waals surface area contributed by atoms with Gasteiger partial charge in [0.15, 0.2) is 6.61 Å². The largest absolute Gasteiger partial charge is 0.484 e. The molecule has 0 bridgehead atoms. The zero-order valence-corrected chi connectivity index (χ0v) is 16.2. The highest BCUT2D eigenvalue weighted by atomic mass is 35.5. The number of rotatable bonds is 6. The van der Waals surface area contributed by atoms with E-state index in [1.807, 2.05) is 13.8 Å². The maximum absolute atomic E-state index is 12.3. The average molecular weight is 380 g/mol. The normalized spacial score (nSPS) is 10.5. The van der Waals surface area contributed by atoms with Crippen molar-refractivity contribution in [3.05, 3.63) is 39.5 Å². The first-order valence-corrected chi connectivity index (χ1v) is 8.52. The van der Waals surface area contributed by atoms with Crippen LogP contribution in [0.1, 0.15) is 34.1 Å². The van der Waals surface area contributed by atoms with Gasteiger partial charge >= 0.3 is 5.97 Å². The first-order valence-electron chi connectivity index (χ1n) is 8.14. The molecule has 140 valence electrons. The highest BCUT2D eigenvalue weighted by molar-refractivity contribution is 6.32. The summed E-state index contributed by atoms with van der Waals surface area (Å²) in [7, 11) is 1.64. The summed E-state index contributed by atoms with van der Waals surface area (Å²) in [6.45, 7) is 7.15. The molecule has 1 aromatic heterocycles. The van der Waals surface area contributed by atoms with E-state index in [9.17, 15) is 9.59 Å². The van der Waals surface area contributed by atoms with Crippen molar-refractivity contribution in [3.63, 3.8) is 0 Å². The van der Waals surface area contributed by atoms with Crippen LogP contribution in [0, 0.1) is 20.8 Å². The number of carbonyl (C=O) groups excluding carboxylic acids is 2. The molecule has 0 saturated carbocycles. The number of ether oxygens (including phenoxy) is 2. The van der Waals surface area contributed by atoms with Gasteiger partial charge < -0.3 is 14.8 Å². The van der Waals surface area contributed by atoms with Crippen LogP contribution in [0.4, 0.5) is 5.82 Å². The summed E-state index contributed by atoms with van der Waals surface area (Å²) in [5, 5.41) is 7.50. The second kappa shape index (κ2) is 8.23. The number of halogens is 1. The molecule has 0 unspecified atom stereocenters. The van der Waals surface area contributed by atoms with Crippen LogP contribution in [0.25, 0.3) is 0 Å². The molecule has 1 amide bonds. The second-order valence-electron chi connectivity index (χ2n) is 5.86. The number of hydrogen-bond acceptors (Lipinski definition) is 5. The zero-order chi connectivity index (χ0) is 19.4. The number of aromatic nitrogens is 2. The number of anilines is 1. The van der Waals surface area contributed by atoms with Gasteiger partial charge in [0.1, 0.15) is 17.1 Å². The molecule has 0 spiro atoms. The lowest BCUT2D eigenvalue weighted by Gasteiger charge is -2.11. The minimum atomic E-state index is -0.529.